The van der Waals surface area contributed by atoms with Crippen LogP contribution in [-0.2, 0) is 0 Å². The number of carbonyl (C=O) groups is 1. The number of rotatable bonds is 4. The largest absolute Gasteiger partial charge is 0.371 e. The van der Waals surface area contributed by atoms with Gasteiger partial charge in [0.25, 0.3) is 11.5 Å². The first-order valence-corrected chi connectivity index (χ1v) is 7.57. The summed E-state index contributed by atoms with van der Waals surface area (Å²) in [5.74, 6) is -1.90. The molecule has 1 aromatic carbocycles. The molecule has 1 amide bonds. The Morgan fingerprint density at radius 1 is 1.29 bits per heavy atom. The van der Waals surface area contributed by atoms with E-state index < -0.39 is 11.6 Å². The van der Waals surface area contributed by atoms with E-state index in [0.29, 0.717) is 25.3 Å². The summed E-state index contributed by atoms with van der Waals surface area (Å²) in [6.07, 6.45) is 0.832. The van der Waals surface area contributed by atoms with Crippen molar-refractivity contribution in [1.29, 1.82) is 0 Å². The van der Waals surface area contributed by atoms with E-state index in [2.05, 4.69) is 15.5 Å². The van der Waals surface area contributed by atoms with Gasteiger partial charge in [0.05, 0.1) is 0 Å². The number of amides is 1. The van der Waals surface area contributed by atoms with E-state index in [1.54, 1.807) is 6.07 Å². The predicted molar refractivity (Wildman–Crippen MR) is 83.9 cm³/mol. The second kappa shape index (κ2) is 6.77. The van der Waals surface area contributed by atoms with Gasteiger partial charge in [0.1, 0.15) is 5.69 Å². The highest BCUT2D eigenvalue weighted by atomic mass is 19.2. The quantitative estimate of drug-likeness (QED) is 0.884. The van der Waals surface area contributed by atoms with Gasteiger partial charge >= 0.3 is 0 Å². The lowest BCUT2D eigenvalue weighted by atomic mass is 10.1. The number of H-pyrrole nitrogens is 1. The third-order valence-electron chi connectivity index (χ3n) is 4.02. The SMILES string of the molecule is O=C(NCC1CCN(c2ccc(F)c(F)c2)C1)c1ccc(=O)[nH]n1. The molecule has 2 heterocycles. The summed E-state index contributed by atoms with van der Waals surface area (Å²) in [5.41, 5.74) is 0.402. The van der Waals surface area contributed by atoms with Crippen molar-refractivity contribution < 1.29 is 13.6 Å². The number of hydrogen-bond donors (Lipinski definition) is 2. The second-order valence-corrected chi connectivity index (χ2v) is 5.72. The third-order valence-corrected chi connectivity index (χ3v) is 4.02. The first-order chi connectivity index (χ1) is 11.5. The summed E-state index contributed by atoms with van der Waals surface area (Å²) >= 11 is 0. The van der Waals surface area contributed by atoms with Gasteiger partial charge in [0.15, 0.2) is 11.6 Å². The fraction of sp³-hybridized carbons (Fsp3) is 0.312. The minimum absolute atomic E-state index is 0.144. The molecule has 1 aromatic heterocycles. The Bertz CT molecular complexity index is 788. The van der Waals surface area contributed by atoms with Crippen LogP contribution >= 0.6 is 0 Å². The zero-order valence-electron chi connectivity index (χ0n) is 12.8. The molecule has 1 atom stereocenters. The predicted octanol–water partition coefficient (Wildman–Crippen LogP) is 1.30. The van der Waals surface area contributed by atoms with Crippen LogP contribution in [0.15, 0.2) is 35.1 Å². The van der Waals surface area contributed by atoms with Crippen molar-refractivity contribution in [2.75, 3.05) is 24.5 Å². The van der Waals surface area contributed by atoms with Crippen molar-refractivity contribution in [3.8, 4) is 0 Å². The summed E-state index contributed by atoms with van der Waals surface area (Å²) in [6.45, 7) is 1.80. The summed E-state index contributed by atoms with van der Waals surface area (Å²) < 4.78 is 26.3. The first kappa shape index (κ1) is 16.1. The number of benzene rings is 1. The van der Waals surface area contributed by atoms with Crippen molar-refractivity contribution in [2.45, 2.75) is 6.42 Å². The maximum atomic E-state index is 13.3. The van der Waals surface area contributed by atoms with Crippen LogP contribution < -0.4 is 15.8 Å². The smallest absolute Gasteiger partial charge is 0.271 e. The molecular formula is C16H16F2N4O2. The van der Waals surface area contributed by atoms with Crippen LogP contribution in [0, 0.1) is 17.6 Å². The molecule has 0 radical (unpaired) electrons. The maximum absolute atomic E-state index is 13.3. The highest BCUT2D eigenvalue weighted by molar-refractivity contribution is 5.91. The van der Waals surface area contributed by atoms with E-state index >= 15 is 0 Å². The molecule has 0 bridgehead atoms. The van der Waals surface area contributed by atoms with E-state index in [1.165, 1.54) is 18.2 Å². The maximum Gasteiger partial charge on any atom is 0.271 e. The number of halogens is 2. The first-order valence-electron chi connectivity index (χ1n) is 7.57. The Morgan fingerprint density at radius 3 is 2.83 bits per heavy atom. The average Bonchev–Trinajstić information content (AvgIpc) is 3.05. The van der Waals surface area contributed by atoms with Gasteiger partial charge in [-0.05, 0) is 30.5 Å². The monoisotopic (exact) mass is 334 g/mol. The van der Waals surface area contributed by atoms with E-state index in [1.807, 2.05) is 4.90 Å². The lowest BCUT2D eigenvalue weighted by molar-refractivity contribution is 0.0942. The van der Waals surface area contributed by atoms with Crippen LogP contribution in [0.25, 0.3) is 0 Å². The van der Waals surface area contributed by atoms with Gasteiger partial charge in [0.2, 0.25) is 0 Å². The molecule has 2 aromatic rings. The zero-order chi connectivity index (χ0) is 17.1. The molecule has 24 heavy (non-hydrogen) atoms. The number of nitrogens with zero attached hydrogens (tertiary/aromatic N) is 2. The number of aromatic amines is 1. The molecule has 1 unspecified atom stereocenters. The van der Waals surface area contributed by atoms with Gasteiger partial charge < -0.3 is 10.2 Å². The normalized spacial score (nSPS) is 17.1. The molecule has 1 fully saturated rings. The number of hydrogen-bond acceptors (Lipinski definition) is 4. The standard InChI is InChI=1S/C16H16F2N4O2/c17-12-2-1-11(7-13(12)18)22-6-5-10(9-22)8-19-16(24)14-3-4-15(23)21-20-14/h1-4,7,10H,5-6,8-9H2,(H,19,24)(H,21,23). The lowest BCUT2D eigenvalue weighted by Gasteiger charge is -2.19. The Labute approximate surface area is 136 Å². The average molecular weight is 334 g/mol. The van der Waals surface area contributed by atoms with Crippen LogP contribution in [0.1, 0.15) is 16.9 Å². The topological polar surface area (TPSA) is 78.1 Å². The molecule has 126 valence electrons. The van der Waals surface area contributed by atoms with E-state index in [9.17, 15) is 18.4 Å². The van der Waals surface area contributed by atoms with Crippen LogP contribution in [-0.4, -0.2) is 35.7 Å². The number of carbonyl (C=O) groups excluding carboxylic acids is 1. The molecular weight excluding hydrogens is 318 g/mol. The van der Waals surface area contributed by atoms with Crippen LogP contribution in [0.5, 0.6) is 0 Å². The fourth-order valence-corrected chi connectivity index (χ4v) is 2.71. The minimum Gasteiger partial charge on any atom is -0.371 e. The molecule has 1 aliphatic rings. The number of nitrogens with one attached hydrogen (secondary N) is 2. The molecule has 1 aliphatic heterocycles. The van der Waals surface area contributed by atoms with E-state index in [4.69, 9.17) is 0 Å². The van der Waals surface area contributed by atoms with Gasteiger partial charge in [-0.25, -0.2) is 13.9 Å². The Balaban J connectivity index is 1.54. The molecule has 0 saturated carbocycles. The van der Waals surface area contributed by atoms with Gasteiger partial charge in [-0.2, -0.15) is 5.10 Å². The molecule has 8 heteroatoms. The number of aromatic nitrogens is 2. The molecule has 0 aliphatic carbocycles. The molecule has 6 nitrogen and oxygen atoms in total. The van der Waals surface area contributed by atoms with Crippen LogP contribution in [0.2, 0.25) is 0 Å². The summed E-state index contributed by atoms with van der Waals surface area (Å²) in [4.78, 5) is 24.8. The van der Waals surface area contributed by atoms with Gasteiger partial charge in [-0.1, -0.05) is 0 Å². The summed E-state index contributed by atoms with van der Waals surface area (Å²) in [7, 11) is 0. The van der Waals surface area contributed by atoms with Crippen molar-refractivity contribution in [3.63, 3.8) is 0 Å². The Morgan fingerprint density at radius 2 is 2.12 bits per heavy atom. The Hall–Kier alpha value is -2.77. The lowest BCUT2D eigenvalue weighted by Crippen LogP contribution is -2.32. The molecule has 2 N–H and O–H groups in total. The van der Waals surface area contributed by atoms with Gasteiger partial charge in [-0.3, -0.25) is 9.59 Å². The van der Waals surface area contributed by atoms with Crippen LogP contribution in [0.3, 0.4) is 0 Å². The van der Waals surface area contributed by atoms with Crippen molar-refractivity contribution in [1.82, 2.24) is 15.5 Å². The van der Waals surface area contributed by atoms with Crippen LogP contribution in [0.4, 0.5) is 14.5 Å². The third kappa shape index (κ3) is 3.58. The van der Waals surface area contributed by atoms with E-state index in [0.717, 1.165) is 12.5 Å². The highest BCUT2D eigenvalue weighted by Crippen LogP contribution is 2.25. The molecule has 3 rings (SSSR count). The fourth-order valence-electron chi connectivity index (χ4n) is 2.71. The number of anilines is 1. The minimum atomic E-state index is -0.867. The highest BCUT2D eigenvalue weighted by Gasteiger charge is 2.24. The van der Waals surface area contributed by atoms with Gasteiger partial charge in [0, 0.05) is 37.5 Å². The summed E-state index contributed by atoms with van der Waals surface area (Å²) in [5, 5.41) is 8.64. The van der Waals surface area contributed by atoms with Crippen molar-refractivity contribution in [3.05, 3.63) is 58.0 Å². The van der Waals surface area contributed by atoms with Gasteiger partial charge in [-0.15, -0.1) is 0 Å². The van der Waals surface area contributed by atoms with E-state index in [-0.39, 0.29) is 23.1 Å². The summed E-state index contributed by atoms with van der Waals surface area (Å²) in [6, 6.07) is 6.43. The molecule has 0 spiro atoms. The van der Waals surface area contributed by atoms with Crippen molar-refractivity contribution >= 4 is 11.6 Å². The molecule has 1 saturated heterocycles. The second-order valence-electron chi connectivity index (χ2n) is 5.72. The Kier molecular flexibility index (Phi) is 4.54. The zero-order valence-corrected chi connectivity index (χ0v) is 12.8. The van der Waals surface area contributed by atoms with Crippen molar-refractivity contribution in [2.24, 2.45) is 5.92 Å².